The van der Waals surface area contributed by atoms with Gasteiger partial charge in [0.15, 0.2) is 0 Å². The molecule has 0 spiro atoms. The number of benzene rings is 4. The number of furan rings is 1. The maximum Gasteiger partial charge on any atom is 1.00 e. The normalized spacial score (nSPS) is 12.2. The summed E-state index contributed by atoms with van der Waals surface area (Å²) in [6.07, 6.45) is 0.349. The Kier molecular flexibility index (Phi) is 12.3. The van der Waals surface area contributed by atoms with Crippen LogP contribution < -0.4 is 44.9 Å². The van der Waals surface area contributed by atoms with Gasteiger partial charge in [0.05, 0.1) is 28.4 Å². The first-order valence-electron chi connectivity index (χ1n) is 15.3. The van der Waals surface area contributed by atoms with E-state index in [0.717, 1.165) is 33.4 Å². The Morgan fingerprint density at radius 2 is 1.56 bits per heavy atom. The van der Waals surface area contributed by atoms with Crippen LogP contribution in [-0.4, -0.2) is 43.7 Å². The van der Waals surface area contributed by atoms with Gasteiger partial charge in [-0.3, -0.25) is 9.59 Å². The molecule has 1 atom stereocenters. The third kappa shape index (κ3) is 10.5. The summed E-state index contributed by atoms with van der Waals surface area (Å²) >= 11 is 0. The maximum atomic E-state index is 13.8. The van der Waals surface area contributed by atoms with Gasteiger partial charge in [-0.15, -0.1) is 0 Å². The van der Waals surface area contributed by atoms with Crippen LogP contribution in [0.25, 0.3) is 22.3 Å². The van der Waals surface area contributed by atoms with Crippen LogP contribution in [0.3, 0.4) is 0 Å². The van der Waals surface area contributed by atoms with Crippen LogP contribution >= 0.6 is 0 Å². The molecule has 2 amide bonds. The van der Waals surface area contributed by atoms with Gasteiger partial charge in [0.2, 0.25) is 5.91 Å². The zero-order valence-corrected chi connectivity index (χ0v) is 30.3. The Hall–Kier alpha value is -3.93. The smallest absolute Gasteiger partial charge is 0.748 e. The van der Waals surface area contributed by atoms with Crippen LogP contribution in [0.5, 0.6) is 5.75 Å². The average molecular weight is 677 g/mol. The van der Waals surface area contributed by atoms with Crippen molar-refractivity contribution in [2.75, 3.05) is 24.2 Å². The monoisotopic (exact) mass is 676 g/mol. The first kappa shape index (κ1) is 36.9. The fraction of sp³-hybridized carbons (Fsp3) is 0.243. The number of ether oxygens (including phenoxy) is 1. The number of hydrogen-bond acceptors (Lipinski definition) is 7. The van der Waals surface area contributed by atoms with Crippen LogP contribution in [0.2, 0.25) is 0 Å². The first-order valence-corrected chi connectivity index (χ1v) is 16.8. The molecule has 0 aliphatic carbocycles. The van der Waals surface area contributed by atoms with Crippen LogP contribution in [0.1, 0.15) is 48.2 Å². The summed E-state index contributed by atoms with van der Waals surface area (Å²) in [7, 11) is -4.43. The van der Waals surface area contributed by atoms with E-state index >= 15 is 0 Å². The zero-order chi connectivity index (χ0) is 33.6. The predicted molar refractivity (Wildman–Crippen MR) is 181 cm³/mol. The second kappa shape index (κ2) is 16.0. The molecule has 1 unspecified atom stereocenters. The Labute approximate surface area is 303 Å². The molecule has 2 N–H and O–H groups in total. The van der Waals surface area contributed by atoms with Crippen molar-refractivity contribution in [2.45, 2.75) is 33.1 Å². The molecule has 0 radical (unpaired) electrons. The third-order valence-electron chi connectivity index (χ3n) is 7.43. The van der Waals surface area contributed by atoms with Gasteiger partial charge in [-0.05, 0) is 83.6 Å². The molecule has 1 heterocycles. The van der Waals surface area contributed by atoms with Crippen molar-refractivity contribution in [1.82, 2.24) is 5.32 Å². The topological polar surface area (TPSA) is 138 Å². The van der Waals surface area contributed by atoms with E-state index in [2.05, 4.69) is 31.4 Å². The van der Waals surface area contributed by atoms with Crippen molar-refractivity contribution in [2.24, 2.45) is 5.41 Å². The van der Waals surface area contributed by atoms with E-state index in [9.17, 15) is 22.6 Å². The second-order valence-corrected chi connectivity index (χ2v) is 14.1. The van der Waals surface area contributed by atoms with E-state index in [0.29, 0.717) is 30.0 Å². The molecule has 0 aliphatic rings. The summed E-state index contributed by atoms with van der Waals surface area (Å²) in [6, 6.07) is 31.5. The number of carbonyl (C=O) groups is 2. The van der Waals surface area contributed by atoms with E-state index in [1.165, 1.54) is 0 Å². The Balaban J connectivity index is 0.00000520. The molecule has 5 rings (SSSR count). The van der Waals surface area contributed by atoms with Crippen molar-refractivity contribution >= 4 is 38.6 Å². The number of carbonyl (C=O) groups excluding carboxylic acids is 2. The second-order valence-electron chi connectivity index (χ2n) is 12.6. The fourth-order valence-electron chi connectivity index (χ4n) is 4.95. The number of nitrogens with one attached hydrogen (secondary N) is 2. The molecule has 1 aromatic heterocycles. The van der Waals surface area contributed by atoms with Crippen molar-refractivity contribution in [3.8, 4) is 17.1 Å². The van der Waals surface area contributed by atoms with E-state index in [1.54, 1.807) is 24.3 Å². The van der Waals surface area contributed by atoms with Gasteiger partial charge >= 0.3 is 29.6 Å². The quantitative estimate of drug-likeness (QED) is 0.152. The molecule has 0 saturated heterocycles. The molecule has 48 heavy (non-hydrogen) atoms. The molecule has 11 heteroatoms. The van der Waals surface area contributed by atoms with E-state index in [1.807, 2.05) is 78.9 Å². The predicted octanol–water partition coefficient (Wildman–Crippen LogP) is 3.77. The summed E-state index contributed by atoms with van der Waals surface area (Å²) in [5.41, 5.74) is 4.25. The average Bonchev–Trinajstić information content (AvgIpc) is 3.47. The van der Waals surface area contributed by atoms with E-state index < -0.39 is 27.7 Å². The number of anilines is 1. The fourth-order valence-corrected chi connectivity index (χ4v) is 5.30. The summed E-state index contributed by atoms with van der Waals surface area (Å²) < 4.78 is 44.4. The van der Waals surface area contributed by atoms with Gasteiger partial charge in [-0.25, -0.2) is 8.42 Å². The van der Waals surface area contributed by atoms with E-state index in [4.69, 9.17) is 9.15 Å². The molecular weight excluding hydrogens is 639 g/mol. The molecule has 0 aliphatic heterocycles. The largest absolute Gasteiger partial charge is 1.00 e. The van der Waals surface area contributed by atoms with Crippen molar-refractivity contribution in [3.63, 3.8) is 0 Å². The summed E-state index contributed by atoms with van der Waals surface area (Å²) in [5.74, 6) is -0.496. The molecule has 244 valence electrons. The van der Waals surface area contributed by atoms with Crippen LogP contribution in [0.4, 0.5) is 5.69 Å². The Morgan fingerprint density at radius 3 is 2.19 bits per heavy atom. The molecule has 9 nitrogen and oxygen atoms in total. The standard InChI is InChI=1S/C37H38N2O7S.Na/c1-37(2,3)24-45-31-18-14-26(15-19-31)32(22-25-8-10-28(11-9-25)35(40)38-20-21-47(42,43)44)36(41)39-30-16-12-27(13-17-30)34-23-29-6-4-5-7-33(29)46-34;/h4-19,23,32H,20-22,24H2,1-3H3,(H,38,40)(H,39,41)(H,42,43,44);/q;+1/p-1. The SMILES string of the molecule is CC(C)(C)COc1ccc(C(Cc2ccc(C(=O)NCCS(=O)(=O)[O-])cc2)C(=O)Nc2ccc(-c3cc4ccccc4o3)cc2)cc1.[Na+]. The Morgan fingerprint density at radius 1 is 0.896 bits per heavy atom. The van der Waals surface area contributed by atoms with Gasteiger partial charge in [-0.1, -0.05) is 63.2 Å². The number of para-hydroxylation sites is 1. The van der Waals surface area contributed by atoms with Crippen molar-refractivity contribution < 1.29 is 61.3 Å². The van der Waals surface area contributed by atoms with Crippen LogP contribution in [0.15, 0.2) is 108 Å². The van der Waals surface area contributed by atoms with Crippen molar-refractivity contribution in [3.05, 3.63) is 120 Å². The minimum Gasteiger partial charge on any atom is -0.748 e. The minimum absolute atomic E-state index is 0. The van der Waals surface area contributed by atoms with Gasteiger partial charge in [0.25, 0.3) is 5.91 Å². The van der Waals surface area contributed by atoms with Crippen molar-refractivity contribution in [1.29, 1.82) is 0 Å². The van der Waals surface area contributed by atoms with Crippen LogP contribution in [-0.2, 0) is 21.3 Å². The van der Waals surface area contributed by atoms with Gasteiger partial charge in [0.1, 0.15) is 17.1 Å². The first-order chi connectivity index (χ1) is 22.3. The molecule has 4 aromatic carbocycles. The number of amides is 2. The number of fused-ring (bicyclic) bond motifs is 1. The molecule has 0 saturated carbocycles. The molecule has 0 fully saturated rings. The molecule has 5 aromatic rings. The number of rotatable bonds is 12. The van der Waals surface area contributed by atoms with Gasteiger partial charge < -0.3 is 24.3 Å². The van der Waals surface area contributed by atoms with E-state index in [-0.39, 0.29) is 47.4 Å². The molecular formula is C37H37N2NaO7S. The van der Waals surface area contributed by atoms with Crippen LogP contribution in [0, 0.1) is 5.41 Å². The van der Waals surface area contributed by atoms with Gasteiger partial charge in [-0.2, -0.15) is 0 Å². The Bertz CT molecular complexity index is 1920. The number of hydrogen-bond donors (Lipinski definition) is 2. The minimum atomic E-state index is -4.43. The third-order valence-corrected chi connectivity index (χ3v) is 8.13. The summed E-state index contributed by atoms with van der Waals surface area (Å²) in [5, 5.41) is 6.50. The summed E-state index contributed by atoms with van der Waals surface area (Å²) in [6.45, 7) is 6.56. The zero-order valence-electron chi connectivity index (χ0n) is 27.5. The molecule has 0 bridgehead atoms. The summed E-state index contributed by atoms with van der Waals surface area (Å²) in [4.78, 5) is 26.2. The maximum absolute atomic E-state index is 13.8. The van der Waals surface area contributed by atoms with Gasteiger partial charge in [0, 0.05) is 28.7 Å².